The number of halogens is 1. The summed E-state index contributed by atoms with van der Waals surface area (Å²) in [5.41, 5.74) is 9.39. The van der Waals surface area contributed by atoms with Crippen molar-refractivity contribution in [3.05, 3.63) is 41.5 Å². The van der Waals surface area contributed by atoms with Gasteiger partial charge in [0, 0.05) is 46.6 Å². The number of ether oxygens (including phenoxy) is 2. The molecule has 29 heavy (non-hydrogen) atoms. The maximum absolute atomic E-state index is 15.0. The zero-order valence-electron chi connectivity index (χ0n) is 16.4. The van der Waals surface area contributed by atoms with Crippen LogP contribution in [-0.2, 0) is 11.3 Å². The number of methoxy groups -OCH3 is 2. The maximum atomic E-state index is 15.0. The fourth-order valence-electron chi connectivity index (χ4n) is 3.93. The third-order valence-electron chi connectivity index (χ3n) is 5.38. The molecule has 4 rings (SSSR count). The second-order valence-electron chi connectivity index (χ2n) is 6.78. The van der Waals surface area contributed by atoms with E-state index in [0.29, 0.717) is 58.1 Å². The van der Waals surface area contributed by atoms with Crippen LogP contribution in [0.15, 0.2) is 24.4 Å². The molecule has 1 aliphatic heterocycles. The number of pyridine rings is 2. The lowest BCUT2D eigenvalue weighted by Gasteiger charge is -2.18. The minimum atomic E-state index is -0.466. The van der Waals surface area contributed by atoms with Crippen LogP contribution in [0.2, 0.25) is 0 Å². The Hall–Kier alpha value is -3.26. The molecular formula is C21H21FN4O3. The molecule has 0 saturated carbocycles. The topological polar surface area (TPSA) is 90.6 Å². The predicted octanol–water partition coefficient (Wildman–Crippen LogP) is 3.11. The number of benzene rings is 1. The molecule has 0 spiro atoms. The number of nitrogens with zero attached hydrogens (tertiary/aromatic N) is 3. The zero-order chi connectivity index (χ0) is 20.7. The van der Waals surface area contributed by atoms with Crippen molar-refractivity contribution in [2.24, 2.45) is 0 Å². The average molecular weight is 396 g/mol. The fourth-order valence-corrected chi connectivity index (χ4v) is 3.93. The first-order chi connectivity index (χ1) is 14.0. The van der Waals surface area contributed by atoms with Crippen molar-refractivity contribution in [3.8, 4) is 22.8 Å². The lowest BCUT2D eigenvalue weighted by atomic mass is 9.97. The Morgan fingerprint density at radius 1 is 1.34 bits per heavy atom. The molecule has 0 aliphatic carbocycles. The molecule has 1 atom stereocenters. The number of hydrogen-bond acceptors (Lipinski definition) is 7. The number of carbonyl (C=O) groups excluding carboxylic acids is 1. The van der Waals surface area contributed by atoms with Crippen LogP contribution < -0.4 is 15.2 Å². The van der Waals surface area contributed by atoms with Crippen LogP contribution >= 0.6 is 0 Å². The Labute approximate surface area is 167 Å². The van der Waals surface area contributed by atoms with Crippen molar-refractivity contribution in [2.75, 3.05) is 26.5 Å². The van der Waals surface area contributed by atoms with Crippen LogP contribution in [0.3, 0.4) is 0 Å². The SMILES string of the molecule is CCN1Cc2nc3c(-c4cnc(OC)cc4OC)c(F)ccc3c(N)c2C1C=O. The predicted molar refractivity (Wildman–Crippen MR) is 107 cm³/mol. The van der Waals surface area contributed by atoms with Gasteiger partial charge in [-0.2, -0.15) is 0 Å². The van der Waals surface area contributed by atoms with Crippen LogP contribution in [0.1, 0.15) is 24.2 Å². The minimum absolute atomic E-state index is 0.251. The Bertz CT molecular complexity index is 1120. The quantitative estimate of drug-likeness (QED) is 0.663. The number of anilines is 1. The van der Waals surface area contributed by atoms with E-state index in [2.05, 4.69) is 4.98 Å². The van der Waals surface area contributed by atoms with Gasteiger partial charge in [0.1, 0.15) is 17.9 Å². The average Bonchev–Trinajstić information content (AvgIpc) is 3.11. The largest absolute Gasteiger partial charge is 0.496 e. The van der Waals surface area contributed by atoms with Crippen LogP contribution in [-0.4, -0.2) is 41.9 Å². The fraction of sp³-hybridized carbons (Fsp3) is 0.286. The number of nitrogen functional groups attached to an aromatic ring is 1. The van der Waals surface area contributed by atoms with E-state index in [-0.39, 0.29) is 5.56 Å². The maximum Gasteiger partial charge on any atom is 0.216 e. The Morgan fingerprint density at radius 3 is 2.79 bits per heavy atom. The van der Waals surface area contributed by atoms with Gasteiger partial charge in [0.05, 0.1) is 31.5 Å². The van der Waals surface area contributed by atoms with Gasteiger partial charge in [-0.15, -0.1) is 0 Å². The number of likely N-dealkylation sites (N-methyl/N-ethyl adjacent to an activating group) is 1. The van der Waals surface area contributed by atoms with Crippen LogP contribution in [0.4, 0.5) is 10.1 Å². The van der Waals surface area contributed by atoms with Gasteiger partial charge in [0.25, 0.3) is 0 Å². The molecule has 7 nitrogen and oxygen atoms in total. The highest BCUT2D eigenvalue weighted by atomic mass is 19.1. The van der Waals surface area contributed by atoms with E-state index < -0.39 is 11.9 Å². The normalized spacial score (nSPS) is 16.1. The first-order valence-corrected chi connectivity index (χ1v) is 9.22. The second-order valence-corrected chi connectivity index (χ2v) is 6.78. The van der Waals surface area contributed by atoms with Crippen LogP contribution in [0, 0.1) is 5.82 Å². The molecule has 150 valence electrons. The molecule has 0 amide bonds. The summed E-state index contributed by atoms with van der Waals surface area (Å²) in [5, 5.41) is 0.586. The number of hydrogen-bond donors (Lipinski definition) is 1. The molecular weight excluding hydrogens is 375 g/mol. The van der Waals surface area contributed by atoms with E-state index in [4.69, 9.17) is 20.2 Å². The van der Waals surface area contributed by atoms with Gasteiger partial charge in [-0.3, -0.25) is 9.88 Å². The highest BCUT2D eigenvalue weighted by Gasteiger charge is 2.33. The summed E-state index contributed by atoms with van der Waals surface area (Å²) in [6, 6.07) is 4.08. The summed E-state index contributed by atoms with van der Waals surface area (Å²) in [6.07, 6.45) is 2.37. The van der Waals surface area contributed by atoms with Gasteiger partial charge in [-0.1, -0.05) is 6.92 Å². The smallest absolute Gasteiger partial charge is 0.216 e. The summed E-state index contributed by atoms with van der Waals surface area (Å²) in [6.45, 7) is 3.12. The molecule has 0 radical (unpaired) electrons. The highest BCUT2D eigenvalue weighted by Crippen LogP contribution is 2.43. The number of nitrogens with two attached hydrogens (primary N) is 1. The lowest BCUT2D eigenvalue weighted by Crippen LogP contribution is -2.22. The molecule has 3 aromatic rings. The third-order valence-corrected chi connectivity index (χ3v) is 5.38. The zero-order valence-corrected chi connectivity index (χ0v) is 16.4. The van der Waals surface area contributed by atoms with E-state index in [1.807, 2.05) is 11.8 Å². The van der Waals surface area contributed by atoms with Crippen molar-refractivity contribution < 1.29 is 18.7 Å². The van der Waals surface area contributed by atoms with Crippen molar-refractivity contribution in [1.82, 2.24) is 14.9 Å². The summed E-state index contributed by atoms with van der Waals surface area (Å²) in [4.78, 5) is 22.6. The third kappa shape index (κ3) is 2.87. The van der Waals surface area contributed by atoms with E-state index >= 15 is 4.39 Å². The minimum Gasteiger partial charge on any atom is -0.496 e. The molecule has 2 aromatic heterocycles. The van der Waals surface area contributed by atoms with Gasteiger partial charge in [-0.05, 0) is 18.7 Å². The van der Waals surface area contributed by atoms with Crippen molar-refractivity contribution >= 4 is 22.9 Å². The molecule has 8 heteroatoms. The molecule has 3 heterocycles. The first-order valence-electron chi connectivity index (χ1n) is 9.22. The molecule has 1 unspecified atom stereocenters. The summed E-state index contributed by atoms with van der Waals surface area (Å²) >= 11 is 0. The molecule has 2 N–H and O–H groups in total. The number of aromatic nitrogens is 2. The van der Waals surface area contributed by atoms with E-state index in [1.165, 1.54) is 26.5 Å². The Balaban J connectivity index is 2.02. The monoisotopic (exact) mass is 396 g/mol. The summed E-state index contributed by atoms with van der Waals surface area (Å²) < 4.78 is 25.6. The van der Waals surface area contributed by atoms with E-state index in [1.54, 1.807) is 12.1 Å². The van der Waals surface area contributed by atoms with Crippen molar-refractivity contribution in [2.45, 2.75) is 19.5 Å². The van der Waals surface area contributed by atoms with Gasteiger partial charge in [0.15, 0.2) is 0 Å². The lowest BCUT2D eigenvalue weighted by molar-refractivity contribution is -0.112. The standard InChI is InChI=1S/C21H21FN4O3/c1-4-26-9-14-19(15(26)10-27)20(23)11-5-6-13(22)18(21(11)25-14)12-8-24-17(29-3)7-16(12)28-2/h5-8,10,15H,4,9H2,1-3H3,(H2,23,25). The van der Waals surface area contributed by atoms with Crippen molar-refractivity contribution in [1.29, 1.82) is 0 Å². The summed E-state index contributed by atoms with van der Waals surface area (Å²) in [7, 11) is 2.99. The summed E-state index contributed by atoms with van der Waals surface area (Å²) in [5.74, 6) is 0.295. The second kappa shape index (κ2) is 7.29. The van der Waals surface area contributed by atoms with Gasteiger partial charge >= 0.3 is 0 Å². The van der Waals surface area contributed by atoms with E-state index in [0.717, 1.165) is 6.29 Å². The Morgan fingerprint density at radius 2 is 2.14 bits per heavy atom. The number of aldehydes is 1. The molecule has 0 saturated heterocycles. The van der Waals surface area contributed by atoms with Crippen LogP contribution in [0.5, 0.6) is 11.6 Å². The number of rotatable bonds is 5. The van der Waals surface area contributed by atoms with Gasteiger partial charge < -0.3 is 20.0 Å². The van der Waals surface area contributed by atoms with Crippen molar-refractivity contribution in [3.63, 3.8) is 0 Å². The Kier molecular flexibility index (Phi) is 4.79. The van der Waals surface area contributed by atoms with Gasteiger partial charge in [0.2, 0.25) is 5.88 Å². The first kappa shape index (κ1) is 19.1. The van der Waals surface area contributed by atoms with Crippen LogP contribution in [0.25, 0.3) is 22.0 Å². The van der Waals surface area contributed by atoms with E-state index in [9.17, 15) is 4.79 Å². The highest BCUT2D eigenvalue weighted by molar-refractivity contribution is 6.02. The molecule has 0 fully saturated rings. The number of fused-ring (bicyclic) bond motifs is 2. The molecule has 0 bridgehead atoms. The number of carbonyl (C=O) groups is 1. The molecule has 1 aliphatic rings. The van der Waals surface area contributed by atoms with Gasteiger partial charge in [-0.25, -0.2) is 9.37 Å². The molecule has 1 aromatic carbocycles.